The lowest BCUT2D eigenvalue weighted by Gasteiger charge is -2.33. The van der Waals surface area contributed by atoms with Crippen molar-refractivity contribution < 1.29 is 9.59 Å². The molecule has 0 bridgehead atoms. The monoisotopic (exact) mass is 503 g/mol. The first-order chi connectivity index (χ1) is 16.5. The summed E-state index contributed by atoms with van der Waals surface area (Å²) in [6.07, 6.45) is 3.81. The highest BCUT2D eigenvalue weighted by Crippen LogP contribution is 2.37. The summed E-state index contributed by atoms with van der Waals surface area (Å²) in [5.41, 5.74) is 14.9. The summed E-state index contributed by atoms with van der Waals surface area (Å²) in [6.45, 7) is 15.1. The number of aliphatic imine (C=N–C) groups is 1. The molecule has 2 rings (SSSR count). The van der Waals surface area contributed by atoms with Crippen LogP contribution in [0.15, 0.2) is 22.0 Å². The Kier molecular flexibility index (Phi) is 11.6. The van der Waals surface area contributed by atoms with Gasteiger partial charge < -0.3 is 21.2 Å². The van der Waals surface area contributed by atoms with Gasteiger partial charge in [0.25, 0.3) is 0 Å². The first kappa shape index (κ1) is 29.2. The minimum atomic E-state index is -0.355. The number of rotatable bonds is 12. The molecule has 7 nitrogen and oxygen atoms in total. The Morgan fingerprint density at radius 3 is 2.11 bits per heavy atom. The second-order valence-electron chi connectivity index (χ2n) is 10.5. The summed E-state index contributed by atoms with van der Waals surface area (Å²) in [5.74, 6) is 1.41. The zero-order valence-electron chi connectivity index (χ0n) is 22.3. The highest BCUT2D eigenvalue weighted by atomic mass is 32.2. The quantitative estimate of drug-likeness (QED) is 0.127. The molecule has 1 aromatic rings. The maximum absolute atomic E-state index is 13.5. The van der Waals surface area contributed by atoms with Crippen molar-refractivity contribution in [2.45, 2.75) is 95.9 Å². The molecular weight excluding hydrogens is 458 g/mol. The number of piperidine rings is 1. The lowest BCUT2D eigenvalue weighted by atomic mass is 9.89. The van der Waals surface area contributed by atoms with E-state index in [1.54, 1.807) is 11.9 Å². The third kappa shape index (κ3) is 8.53. The second-order valence-corrected chi connectivity index (χ2v) is 11.4. The van der Waals surface area contributed by atoms with Crippen LogP contribution in [0.4, 0.5) is 0 Å². The molecule has 1 amide bonds. The Bertz CT molecular complexity index is 843. The van der Waals surface area contributed by atoms with Gasteiger partial charge in [0.1, 0.15) is 6.29 Å². The number of nitrogens with two attached hydrogens (primary N) is 2. The van der Waals surface area contributed by atoms with Crippen LogP contribution in [0.2, 0.25) is 0 Å². The van der Waals surface area contributed by atoms with Crippen molar-refractivity contribution >= 4 is 30.1 Å². The van der Waals surface area contributed by atoms with Crippen LogP contribution in [-0.4, -0.2) is 48.7 Å². The van der Waals surface area contributed by atoms with Gasteiger partial charge in [-0.05, 0) is 72.1 Å². The van der Waals surface area contributed by atoms with Crippen LogP contribution >= 0.6 is 11.9 Å². The largest absolute Gasteiger partial charge is 0.370 e. The molecule has 1 unspecified atom stereocenters. The van der Waals surface area contributed by atoms with Gasteiger partial charge >= 0.3 is 0 Å². The molecule has 0 aromatic heterocycles. The minimum absolute atomic E-state index is 0.0587. The van der Waals surface area contributed by atoms with Crippen molar-refractivity contribution in [2.75, 3.05) is 19.6 Å². The maximum Gasteiger partial charge on any atom is 0.240 e. The van der Waals surface area contributed by atoms with Crippen LogP contribution in [0.1, 0.15) is 102 Å². The number of nitrogens with one attached hydrogen (secondary N) is 1. The van der Waals surface area contributed by atoms with Crippen LogP contribution in [-0.2, 0) is 9.59 Å². The molecule has 196 valence electrons. The Morgan fingerprint density at radius 1 is 1.09 bits per heavy atom. The van der Waals surface area contributed by atoms with E-state index in [1.807, 2.05) is 4.90 Å². The zero-order chi connectivity index (χ0) is 26.1. The molecule has 8 heteroatoms. The van der Waals surface area contributed by atoms with Crippen molar-refractivity contribution in [3.05, 3.63) is 28.8 Å². The van der Waals surface area contributed by atoms with Gasteiger partial charge in [-0.25, -0.2) is 4.72 Å². The van der Waals surface area contributed by atoms with E-state index >= 15 is 0 Å². The van der Waals surface area contributed by atoms with E-state index in [4.69, 9.17) is 11.5 Å². The summed E-state index contributed by atoms with van der Waals surface area (Å²) < 4.78 is 3.53. The van der Waals surface area contributed by atoms with E-state index in [-0.39, 0.29) is 23.8 Å². The summed E-state index contributed by atoms with van der Waals surface area (Å²) in [7, 11) is 0. The third-order valence-corrected chi connectivity index (χ3v) is 7.75. The number of hydrogen-bond acceptors (Lipinski definition) is 5. The molecule has 35 heavy (non-hydrogen) atoms. The number of carbonyl (C=O) groups is 2. The van der Waals surface area contributed by atoms with Gasteiger partial charge in [-0.3, -0.25) is 9.79 Å². The molecule has 1 aromatic carbocycles. The fraction of sp³-hybridized carbons (Fsp3) is 0.667. The first-order valence-electron chi connectivity index (χ1n) is 12.9. The molecule has 1 aliphatic rings. The number of nitrogens with zero attached hydrogens (tertiary/aromatic N) is 2. The van der Waals surface area contributed by atoms with Gasteiger partial charge in [-0.1, -0.05) is 53.7 Å². The Hall–Kier alpha value is -2.06. The second kappa shape index (κ2) is 13.9. The molecule has 5 N–H and O–H groups in total. The molecule has 1 heterocycles. The van der Waals surface area contributed by atoms with Crippen molar-refractivity contribution in [1.82, 2.24) is 9.62 Å². The Balaban J connectivity index is 2.27. The molecule has 1 aliphatic heterocycles. The lowest BCUT2D eigenvalue weighted by molar-refractivity contribution is -0.135. The van der Waals surface area contributed by atoms with Gasteiger partial charge in [0.15, 0.2) is 5.96 Å². The molecular formula is C27H45N5O2S. The third-order valence-electron chi connectivity index (χ3n) is 6.67. The summed E-state index contributed by atoms with van der Waals surface area (Å²) >= 11 is 1.58. The van der Waals surface area contributed by atoms with Crippen LogP contribution in [0.3, 0.4) is 0 Å². The van der Waals surface area contributed by atoms with Crippen LogP contribution < -0.4 is 16.2 Å². The summed E-state index contributed by atoms with van der Waals surface area (Å²) in [5, 5.41) is 0. The van der Waals surface area contributed by atoms with E-state index in [0.717, 1.165) is 19.1 Å². The van der Waals surface area contributed by atoms with E-state index in [1.165, 1.54) is 21.6 Å². The number of guanidine groups is 1. The van der Waals surface area contributed by atoms with Crippen molar-refractivity contribution in [3.63, 3.8) is 0 Å². The number of aldehydes is 1. The molecule has 1 atom stereocenters. The van der Waals surface area contributed by atoms with Crippen LogP contribution in [0, 0.1) is 5.92 Å². The van der Waals surface area contributed by atoms with Gasteiger partial charge in [0.05, 0.1) is 6.04 Å². The first-order valence-corrected chi connectivity index (χ1v) is 13.8. The molecule has 0 spiro atoms. The summed E-state index contributed by atoms with van der Waals surface area (Å²) in [6, 6.07) is 4.29. The fourth-order valence-electron chi connectivity index (χ4n) is 4.35. The van der Waals surface area contributed by atoms with Gasteiger partial charge in [-0.15, -0.1) is 0 Å². The SMILES string of the molecule is CC(C)c1cc(C(C)C)c(SNC(CCCN=C(N)N)C(=O)N2CCC(C=O)CC2)c(C(C)C)c1. The number of benzene rings is 1. The number of likely N-dealkylation sites (tertiary alicyclic amines) is 1. The molecule has 1 saturated heterocycles. The average molecular weight is 504 g/mol. The number of amides is 1. The predicted molar refractivity (Wildman–Crippen MR) is 147 cm³/mol. The van der Waals surface area contributed by atoms with E-state index in [0.29, 0.717) is 50.2 Å². The highest BCUT2D eigenvalue weighted by molar-refractivity contribution is 7.97. The molecule has 1 fully saturated rings. The van der Waals surface area contributed by atoms with E-state index in [2.05, 4.69) is 63.4 Å². The van der Waals surface area contributed by atoms with E-state index in [9.17, 15) is 9.59 Å². The Labute approximate surface area is 216 Å². The maximum atomic E-state index is 13.5. The highest BCUT2D eigenvalue weighted by Gasteiger charge is 2.29. The smallest absolute Gasteiger partial charge is 0.240 e. The van der Waals surface area contributed by atoms with Gasteiger partial charge in [0, 0.05) is 30.4 Å². The van der Waals surface area contributed by atoms with Gasteiger partial charge in [-0.2, -0.15) is 0 Å². The zero-order valence-corrected chi connectivity index (χ0v) is 23.2. The molecule has 0 saturated carbocycles. The van der Waals surface area contributed by atoms with Crippen LogP contribution in [0.25, 0.3) is 0 Å². The molecule has 0 radical (unpaired) electrons. The van der Waals surface area contributed by atoms with Crippen molar-refractivity contribution in [2.24, 2.45) is 22.4 Å². The topological polar surface area (TPSA) is 114 Å². The number of carbonyl (C=O) groups excluding carboxylic acids is 2. The van der Waals surface area contributed by atoms with Crippen LogP contribution in [0.5, 0.6) is 0 Å². The average Bonchev–Trinajstić information content (AvgIpc) is 2.82. The summed E-state index contributed by atoms with van der Waals surface area (Å²) in [4.78, 5) is 31.8. The number of hydrogen-bond donors (Lipinski definition) is 3. The van der Waals surface area contributed by atoms with Crippen molar-refractivity contribution in [3.8, 4) is 0 Å². The lowest BCUT2D eigenvalue weighted by Crippen LogP contribution is -2.48. The van der Waals surface area contributed by atoms with E-state index < -0.39 is 0 Å². The standard InChI is InChI=1S/C27H45N5O2S/c1-17(2)21-14-22(18(3)4)25(23(15-21)19(5)6)35-31-24(8-7-11-30-27(28)29)26(34)32-12-9-20(16-33)10-13-32/h14-20,24,31H,7-13H2,1-6H3,(H4,28,29,30). The van der Waals surface area contributed by atoms with Gasteiger partial charge in [0.2, 0.25) is 5.91 Å². The fourth-order valence-corrected chi connectivity index (χ4v) is 5.65. The predicted octanol–water partition coefficient (Wildman–Crippen LogP) is 4.51. The van der Waals surface area contributed by atoms with Crippen molar-refractivity contribution in [1.29, 1.82) is 0 Å². The minimum Gasteiger partial charge on any atom is -0.370 e. The normalized spacial score (nSPS) is 15.6. The molecule has 0 aliphatic carbocycles. The Morgan fingerprint density at radius 2 is 1.66 bits per heavy atom.